The Morgan fingerprint density at radius 2 is 1.83 bits per heavy atom. The van der Waals surface area contributed by atoms with E-state index in [0.717, 1.165) is 0 Å². The molecule has 5 rings (SSSR count). The topological polar surface area (TPSA) is 174 Å². The van der Waals surface area contributed by atoms with E-state index in [1.54, 1.807) is 50.6 Å². The van der Waals surface area contributed by atoms with Crippen molar-refractivity contribution in [1.82, 2.24) is 9.88 Å². The number of benzene rings is 1. The minimum Gasteiger partial charge on any atom is -0.508 e. The number of phenolic OH excluding ortho intramolecular Hbond substituents is 1. The van der Waals surface area contributed by atoms with E-state index in [0.29, 0.717) is 11.3 Å². The average molecular weight is 492 g/mol. The fourth-order valence-corrected chi connectivity index (χ4v) is 6.15. The molecule has 10 nitrogen and oxygen atoms in total. The number of aromatic hydroxyl groups is 1. The number of primary amides is 1. The molecule has 3 aliphatic rings. The van der Waals surface area contributed by atoms with Crippen LogP contribution in [0.15, 0.2) is 59.5 Å². The number of nitrogens with zero attached hydrogens (tertiary/aromatic N) is 2. The van der Waals surface area contributed by atoms with Gasteiger partial charge in [0.1, 0.15) is 22.8 Å². The van der Waals surface area contributed by atoms with Crippen molar-refractivity contribution < 1.29 is 34.8 Å². The summed E-state index contributed by atoms with van der Waals surface area (Å²) in [6.07, 6.45) is 1.56. The number of carbonyl (C=O) groups excluding carboxylic acids is 3. The van der Waals surface area contributed by atoms with Gasteiger partial charge in [-0.3, -0.25) is 24.3 Å². The van der Waals surface area contributed by atoms with Crippen LogP contribution in [0.5, 0.6) is 5.75 Å². The Hall–Kier alpha value is -4.02. The first kappa shape index (κ1) is 23.7. The van der Waals surface area contributed by atoms with E-state index in [1.807, 2.05) is 0 Å². The van der Waals surface area contributed by atoms with Crippen molar-refractivity contribution in [3.63, 3.8) is 0 Å². The van der Waals surface area contributed by atoms with Gasteiger partial charge in [0.2, 0.25) is 5.78 Å². The number of pyridine rings is 1. The van der Waals surface area contributed by atoms with Crippen molar-refractivity contribution in [1.29, 1.82) is 0 Å². The van der Waals surface area contributed by atoms with Crippen LogP contribution in [0.3, 0.4) is 0 Å². The molecule has 1 heterocycles. The van der Waals surface area contributed by atoms with Crippen molar-refractivity contribution in [2.24, 2.45) is 17.6 Å². The smallest absolute Gasteiger partial charge is 0.255 e. The van der Waals surface area contributed by atoms with Crippen molar-refractivity contribution in [3.05, 3.63) is 76.3 Å². The minimum absolute atomic E-state index is 0.0180. The molecule has 2 aromatic rings. The Morgan fingerprint density at radius 3 is 2.44 bits per heavy atom. The summed E-state index contributed by atoms with van der Waals surface area (Å²) in [6.45, 7) is 0. The Morgan fingerprint density at radius 1 is 1.11 bits per heavy atom. The number of fused-ring (bicyclic) bond motifs is 3. The molecule has 1 aromatic heterocycles. The number of aromatic nitrogens is 1. The monoisotopic (exact) mass is 491 g/mol. The molecule has 36 heavy (non-hydrogen) atoms. The summed E-state index contributed by atoms with van der Waals surface area (Å²) in [7, 11) is 3.11. The van der Waals surface area contributed by atoms with Crippen LogP contribution in [0, 0.1) is 11.8 Å². The van der Waals surface area contributed by atoms with Gasteiger partial charge in [-0.15, -0.1) is 0 Å². The predicted octanol–water partition coefficient (Wildman–Crippen LogP) is 0.948. The van der Waals surface area contributed by atoms with Crippen LogP contribution in [0.2, 0.25) is 0 Å². The van der Waals surface area contributed by atoms with Gasteiger partial charge in [0.15, 0.2) is 11.4 Å². The summed E-state index contributed by atoms with van der Waals surface area (Å²) in [5.41, 5.74) is 2.69. The van der Waals surface area contributed by atoms with Crippen LogP contribution in [-0.2, 0) is 14.4 Å². The third-order valence-electron chi connectivity index (χ3n) is 7.61. The summed E-state index contributed by atoms with van der Waals surface area (Å²) in [4.78, 5) is 45.3. The van der Waals surface area contributed by atoms with Crippen LogP contribution in [0.4, 0.5) is 0 Å². The van der Waals surface area contributed by atoms with Gasteiger partial charge in [-0.25, -0.2) is 0 Å². The Labute approximate surface area is 206 Å². The second-order valence-electron chi connectivity index (χ2n) is 9.64. The molecule has 0 saturated heterocycles. The maximum Gasteiger partial charge on any atom is 0.255 e. The third-order valence-corrected chi connectivity index (χ3v) is 7.61. The predicted molar refractivity (Wildman–Crippen MR) is 127 cm³/mol. The van der Waals surface area contributed by atoms with Gasteiger partial charge >= 0.3 is 0 Å². The molecule has 6 N–H and O–H groups in total. The summed E-state index contributed by atoms with van der Waals surface area (Å²) < 4.78 is 0. The molecule has 0 spiro atoms. The molecular formula is C26H25N3O7. The lowest BCUT2D eigenvalue weighted by Crippen LogP contribution is -2.66. The molecular weight excluding hydrogens is 466 g/mol. The maximum atomic E-state index is 14.0. The zero-order chi connectivity index (χ0) is 26.1. The SMILES string of the molecule is CN(C)[C@@H]1C(=O)C(C(N)=O)=C(O)[C@@]2(O)C(=O)C3=C(O)c4c(O)cccc4[C@H](c4ccccn4)[C@H]3C[C@@H]12. The number of Topliss-reactive ketones (excluding diaryl/α,β-unsaturated/α-hetero) is 2. The first-order chi connectivity index (χ1) is 17.0. The van der Waals surface area contributed by atoms with Crippen molar-refractivity contribution >= 4 is 23.2 Å². The molecule has 0 aliphatic heterocycles. The lowest BCUT2D eigenvalue weighted by atomic mass is 9.55. The highest BCUT2D eigenvalue weighted by Gasteiger charge is 2.65. The lowest BCUT2D eigenvalue weighted by molar-refractivity contribution is -0.154. The second-order valence-corrected chi connectivity index (χ2v) is 9.64. The first-order valence-electron chi connectivity index (χ1n) is 11.4. The van der Waals surface area contributed by atoms with E-state index < -0.39 is 64.0 Å². The first-order valence-corrected chi connectivity index (χ1v) is 11.4. The number of ketones is 2. The number of phenols is 1. The van der Waals surface area contributed by atoms with E-state index in [1.165, 1.54) is 11.0 Å². The normalized spacial score (nSPS) is 29.7. The second kappa shape index (κ2) is 8.00. The quantitative estimate of drug-likeness (QED) is 0.392. The van der Waals surface area contributed by atoms with Gasteiger partial charge < -0.3 is 26.2 Å². The number of hydrogen-bond acceptors (Lipinski definition) is 9. The van der Waals surface area contributed by atoms with Crippen molar-refractivity contribution in [3.8, 4) is 5.75 Å². The van der Waals surface area contributed by atoms with Crippen LogP contribution in [0.1, 0.15) is 29.2 Å². The van der Waals surface area contributed by atoms with Gasteiger partial charge in [-0.05, 0) is 44.3 Å². The highest BCUT2D eigenvalue weighted by molar-refractivity contribution is 6.24. The largest absolute Gasteiger partial charge is 0.508 e. The number of amides is 1. The van der Waals surface area contributed by atoms with E-state index in [4.69, 9.17) is 5.73 Å². The van der Waals surface area contributed by atoms with Crippen LogP contribution in [-0.4, -0.2) is 73.5 Å². The van der Waals surface area contributed by atoms with Crippen molar-refractivity contribution in [2.45, 2.75) is 24.0 Å². The minimum atomic E-state index is -2.69. The fraction of sp³-hybridized carbons (Fsp3) is 0.308. The molecule has 186 valence electrons. The van der Waals surface area contributed by atoms with Crippen molar-refractivity contribution in [2.75, 3.05) is 14.1 Å². The highest BCUT2D eigenvalue weighted by atomic mass is 16.3. The lowest BCUT2D eigenvalue weighted by Gasteiger charge is -2.51. The molecule has 1 aromatic carbocycles. The number of aliphatic hydroxyl groups excluding tert-OH is 2. The number of hydrogen-bond donors (Lipinski definition) is 5. The number of carbonyl (C=O) groups is 3. The van der Waals surface area contributed by atoms with Gasteiger partial charge in [0, 0.05) is 35.2 Å². The van der Waals surface area contributed by atoms with Crippen LogP contribution in [0.25, 0.3) is 5.76 Å². The molecule has 3 aliphatic carbocycles. The van der Waals surface area contributed by atoms with E-state index >= 15 is 0 Å². The van der Waals surface area contributed by atoms with E-state index in [9.17, 15) is 34.8 Å². The summed E-state index contributed by atoms with van der Waals surface area (Å²) in [6, 6.07) is 8.78. The number of aliphatic hydroxyl groups is 3. The number of likely N-dealkylation sites (N-methyl/N-ethyl adjacent to an activating group) is 1. The summed E-state index contributed by atoms with van der Waals surface area (Å²) in [5, 5.41) is 44.6. The number of rotatable bonds is 3. The molecule has 0 bridgehead atoms. The van der Waals surface area contributed by atoms with Gasteiger partial charge in [-0.1, -0.05) is 18.2 Å². The molecule has 1 fully saturated rings. The molecule has 0 radical (unpaired) electrons. The zero-order valence-corrected chi connectivity index (χ0v) is 19.5. The Bertz CT molecular complexity index is 1380. The Kier molecular flexibility index (Phi) is 5.27. The maximum absolute atomic E-state index is 14.0. The van der Waals surface area contributed by atoms with E-state index in [2.05, 4.69) is 4.98 Å². The molecule has 1 amide bonds. The molecule has 5 atom stereocenters. The molecule has 0 unspecified atom stereocenters. The van der Waals surface area contributed by atoms with Crippen LogP contribution >= 0.6 is 0 Å². The zero-order valence-electron chi connectivity index (χ0n) is 19.5. The van der Waals surface area contributed by atoms with E-state index in [-0.39, 0.29) is 23.3 Å². The Balaban J connectivity index is 1.82. The summed E-state index contributed by atoms with van der Waals surface area (Å²) >= 11 is 0. The fourth-order valence-electron chi connectivity index (χ4n) is 6.15. The van der Waals surface area contributed by atoms with Gasteiger partial charge in [-0.2, -0.15) is 0 Å². The van der Waals surface area contributed by atoms with Gasteiger partial charge in [0.25, 0.3) is 5.91 Å². The highest BCUT2D eigenvalue weighted by Crippen LogP contribution is 2.57. The third kappa shape index (κ3) is 2.98. The number of nitrogens with two attached hydrogens (primary N) is 1. The molecule has 10 heteroatoms. The van der Waals surface area contributed by atoms with Crippen LogP contribution < -0.4 is 5.73 Å². The molecule has 1 saturated carbocycles. The van der Waals surface area contributed by atoms with Gasteiger partial charge in [0.05, 0.1) is 11.6 Å². The average Bonchev–Trinajstić information content (AvgIpc) is 2.81. The standard InChI is InChI=1S/C26H25N3O7/c1-29(2)20-13-10-12-16(14-7-3-4-9-28-14)11-6-5-8-15(30)17(11)21(31)18(12)23(33)26(13,36)24(34)19(22(20)32)25(27)35/h3-9,12-13,16,20,30-31,34,36H,10H2,1-2H3,(H2,27,35)/t12-,13+,16+,20+,26+/m1/s1. The summed E-state index contributed by atoms with van der Waals surface area (Å²) in [5.74, 6) is -7.61.